The summed E-state index contributed by atoms with van der Waals surface area (Å²) >= 11 is 0. The number of nitrogens with zero attached hydrogens (tertiary/aromatic N) is 2. The maximum Gasteiger partial charge on any atom is 0.269 e. The highest BCUT2D eigenvalue weighted by molar-refractivity contribution is 5.32. The fourth-order valence-corrected chi connectivity index (χ4v) is 2.30. The SMILES string of the molecule is CN(CCC(O)c1ccccc1)Cc1ccc([N+](=O)[O-])cc1. The van der Waals surface area contributed by atoms with Crippen LogP contribution in [0.5, 0.6) is 0 Å². The van der Waals surface area contributed by atoms with E-state index in [4.69, 9.17) is 0 Å². The number of benzene rings is 2. The fourth-order valence-electron chi connectivity index (χ4n) is 2.30. The minimum absolute atomic E-state index is 0.103. The van der Waals surface area contributed by atoms with Crippen LogP contribution in [-0.2, 0) is 6.54 Å². The molecule has 2 aromatic carbocycles. The molecule has 0 saturated carbocycles. The topological polar surface area (TPSA) is 66.6 Å². The number of aliphatic hydroxyl groups excluding tert-OH is 1. The molecule has 0 radical (unpaired) electrons. The molecule has 0 saturated heterocycles. The maximum atomic E-state index is 10.6. The second kappa shape index (κ2) is 7.68. The zero-order valence-electron chi connectivity index (χ0n) is 12.6. The molecule has 0 bridgehead atoms. The van der Waals surface area contributed by atoms with Crippen molar-refractivity contribution in [2.45, 2.75) is 19.1 Å². The van der Waals surface area contributed by atoms with Crippen LogP contribution >= 0.6 is 0 Å². The summed E-state index contributed by atoms with van der Waals surface area (Å²) in [6.45, 7) is 1.44. The van der Waals surface area contributed by atoms with Gasteiger partial charge in [-0.05, 0) is 24.6 Å². The van der Waals surface area contributed by atoms with Crippen LogP contribution in [-0.4, -0.2) is 28.5 Å². The summed E-state index contributed by atoms with van der Waals surface area (Å²) < 4.78 is 0. The lowest BCUT2D eigenvalue weighted by Crippen LogP contribution is -2.20. The van der Waals surface area contributed by atoms with E-state index in [1.807, 2.05) is 37.4 Å². The summed E-state index contributed by atoms with van der Waals surface area (Å²) in [5.74, 6) is 0. The summed E-state index contributed by atoms with van der Waals surface area (Å²) in [6.07, 6.45) is 0.175. The third kappa shape index (κ3) is 4.65. The van der Waals surface area contributed by atoms with Gasteiger partial charge in [-0.25, -0.2) is 0 Å². The van der Waals surface area contributed by atoms with Gasteiger partial charge in [0.15, 0.2) is 0 Å². The van der Waals surface area contributed by atoms with Gasteiger partial charge in [-0.15, -0.1) is 0 Å². The summed E-state index contributed by atoms with van der Waals surface area (Å²) in [4.78, 5) is 12.3. The van der Waals surface area contributed by atoms with E-state index in [2.05, 4.69) is 4.90 Å². The lowest BCUT2D eigenvalue weighted by Gasteiger charge is -2.19. The highest BCUT2D eigenvalue weighted by Crippen LogP contribution is 2.17. The van der Waals surface area contributed by atoms with Gasteiger partial charge in [-0.1, -0.05) is 42.5 Å². The number of hydrogen-bond donors (Lipinski definition) is 1. The predicted octanol–water partition coefficient (Wildman–Crippen LogP) is 3.15. The molecular formula is C17H20N2O3. The van der Waals surface area contributed by atoms with Gasteiger partial charge in [-0.3, -0.25) is 10.1 Å². The Balaban J connectivity index is 1.82. The lowest BCUT2D eigenvalue weighted by atomic mass is 10.1. The molecular weight excluding hydrogens is 280 g/mol. The van der Waals surface area contributed by atoms with Crippen molar-refractivity contribution in [2.24, 2.45) is 0 Å². The molecule has 0 heterocycles. The van der Waals surface area contributed by atoms with Crippen LogP contribution in [0.1, 0.15) is 23.7 Å². The van der Waals surface area contributed by atoms with Crippen molar-refractivity contribution in [3.05, 3.63) is 75.8 Å². The van der Waals surface area contributed by atoms with E-state index in [1.54, 1.807) is 12.1 Å². The largest absolute Gasteiger partial charge is 0.388 e. The quantitative estimate of drug-likeness (QED) is 0.630. The minimum Gasteiger partial charge on any atom is -0.388 e. The first-order chi connectivity index (χ1) is 10.6. The van der Waals surface area contributed by atoms with Crippen molar-refractivity contribution in [3.8, 4) is 0 Å². The maximum absolute atomic E-state index is 10.6. The third-order valence-electron chi connectivity index (χ3n) is 3.57. The van der Waals surface area contributed by atoms with E-state index in [1.165, 1.54) is 12.1 Å². The highest BCUT2D eigenvalue weighted by atomic mass is 16.6. The Labute approximate surface area is 130 Å². The first kappa shape index (κ1) is 16.1. The van der Waals surface area contributed by atoms with Crippen LogP contribution in [0.3, 0.4) is 0 Å². The normalized spacial score (nSPS) is 12.3. The first-order valence-corrected chi connectivity index (χ1v) is 7.21. The van der Waals surface area contributed by atoms with Gasteiger partial charge in [0, 0.05) is 25.2 Å². The van der Waals surface area contributed by atoms with Gasteiger partial charge in [0.1, 0.15) is 0 Å². The summed E-state index contributed by atoms with van der Waals surface area (Å²) in [5.41, 5.74) is 2.04. The van der Waals surface area contributed by atoms with Gasteiger partial charge in [0.25, 0.3) is 5.69 Å². The van der Waals surface area contributed by atoms with E-state index in [9.17, 15) is 15.2 Å². The van der Waals surface area contributed by atoms with Gasteiger partial charge in [0.2, 0.25) is 0 Å². The summed E-state index contributed by atoms with van der Waals surface area (Å²) in [5, 5.41) is 20.7. The summed E-state index contributed by atoms with van der Waals surface area (Å²) in [7, 11) is 1.97. The molecule has 0 amide bonds. The zero-order chi connectivity index (χ0) is 15.9. The molecule has 0 aliphatic heterocycles. The Kier molecular flexibility index (Phi) is 5.63. The Morgan fingerprint density at radius 1 is 1.14 bits per heavy atom. The van der Waals surface area contributed by atoms with Crippen LogP contribution < -0.4 is 0 Å². The predicted molar refractivity (Wildman–Crippen MR) is 85.4 cm³/mol. The first-order valence-electron chi connectivity index (χ1n) is 7.21. The third-order valence-corrected chi connectivity index (χ3v) is 3.57. The van der Waals surface area contributed by atoms with E-state index in [0.717, 1.165) is 17.7 Å². The van der Waals surface area contributed by atoms with Crippen molar-refractivity contribution >= 4 is 5.69 Å². The average molecular weight is 300 g/mol. The molecule has 0 spiro atoms. The van der Waals surface area contributed by atoms with E-state index >= 15 is 0 Å². The molecule has 1 atom stereocenters. The van der Waals surface area contributed by atoms with Gasteiger partial charge in [0.05, 0.1) is 11.0 Å². The van der Waals surface area contributed by atoms with Crippen molar-refractivity contribution in [1.82, 2.24) is 4.90 Å². The zero-order valence-corrected chi connectivity index (χ0v) is 12.6. The fraction of sp³-hybridized carbons (Fsp3) is 0.294. The molecule has 0 aliphatic rings. The molecule has 0 fully saturated rings. The molecule has 0 aliphatic carbocycles. The average Bonchev–Trinajstić information content (AvgIpc) is 2.54. The van der Waals surface area contributed by atoms with Crippen LogP contribution in [0.25, 0.3) is 0 Å². The smallest absolute Gasteiger partial charge is 0.269 e. The van der Waals surface area contributed by atoms with Gasteiger partial charge in [-0.2, -0.15) is 0 Å². The van der Waals surface area contributed by atoms with Crippen molar-refractivity contribution in [2.75, 3.05) is 13.6 Å². The Hall–Kier alpha value is -2.24. The van der Waals surface area contributed by atoms with E-state index < -0.39 is 11.0 Å². The number of rotatable bonds is 7. The molecule has 0 aromatic heterocycles. The molecule has 5 heteroatoms. The van der Waals surface area contributed by atoms with E-state index in [-0.39, 0.29) is 5.69 Å². The number of aliphatic hydroxyl groups is 1. The Morgan fingerprint density at radius 2 is 1.77 bits per heavy atom. The number of nitro benzene ring substituents is 1. The molecule has 1 N–H and O–H groups in total. The van der Waals surface area contributed by atoms with Crippen molar-refractivity contribution in [3.63, 3.8) is 0 Å². The van der Waals surface area contributed by atoms with Crippen LogP contribution in [0.2, 0.25) is 0 Å². The molecule has 2 aromatic rings. The number of nitro groups is 1. The Bertz CT molecular complexity index is 599. The monoisotopic (exact) mass is 300 g/mol. The van der Waals surface area contributed by atoms with Crippen molar-refractivity contribution < 1.29 is 10.0 Å². The molecule has 1 unspecified atom stereocenters. The minimum atomic E-state index is -0.472. The van der Waals surface area contributed by atoms with Gasteiger partial charge >= 0.3 is 0 Å². The van der Waals surface area contributed by atoms with Crippen LogP contribution in [0.4, 0.5) is 5.69 Å². The van der Waals surface area contributed by atoms with Gasteiger partial charge < -0.3 is 10.0 Å². The molecule has 2 rings (SSSR count). The molecule has 22 heavy (non-hydrogen) atoms. The second-order valence-corrected chi connectivity index (χ2v) is 5.38. The van der Waals surface area contributed by atoms with Crippen molar-refractivity contribution in [1.29, 1.82) is 0 Å². The number of non-ortho nitro benzene ring substituents is 1. The highest BCUT2D eigenvalue weighted by Gasteiger charge is 2.09. The number of hydrogen-bond acceptors (Lipinski definition) is 4. The molecule has 116 valence electrons. The lowest BCUT2D eigenvalue weighted by molar-refractivity contribution is -0.384. The Morgan fingerprint density at radius 3 is 2.36 bits per heavy atom. The van der Waals surface area contributed by atoms with E-state index in [0.29, 0.717) is 13.0 Å². The summed E-state index contributed by atoms with van der Waals surface area (Å²) in [6, 6.07) is 16.2. The standard InChI is InChI=1S/C17H20N2O3/c1-18(12-11-17(20)15-5-3-2-4-6-15)13-14-7-9-16(10-8-14)19(21)22/h2-10,17,20H,11-13H2,1H3. The second-order valence-electron chi connectivity index (χ2n) is 5.38. The van der Waals surface area contributed by atoms with Crippen LogP contribution in [0.15, 0.2) is 54.6 Å². The molecule has 5 nitrogen and oxygen atoms in total. The van der Waals surface area contributed by atoms with Crippen LogP contribution in [0, 0.1) is 10.1 Å².